The van der Waals surface area contributed by atoms with Crippen molar-refractivity contribution in [3.8, 4) is 0 Å². The Kier molecular flexibility index (Phi) is 4.76. The van der Waals surface area contributed by atoms with Crippen LogP contribution >= 0.6 is 22.9 Å². The van der Waals surface area contributed by atoms with Gasteiger partial charge in [0.05, 0.1) is 10.6 Å². The molecule has 0 spiro atoms. The molecule has 6 heteroatoms. The third kappa shape index (κ3) is 4.08. The third-order valence-corrected chi connectivity index (χ3v) is 3.88. The average molecular weight is 308 g/mol. The minimum Gasteiger partial charge on any atom is -0.307 e. The Hall–Kier alpha value is -1.85. The number of carbonyl (C=O) groups excluding carboxylic acids is 1. The molecule has 0 fully saturated rings. The molecule has 20 heavy (non-hydrogen) atoms. The number of urea groups is 1. The van der Waals surface area contributed by atoms with Crippen LogP contribution in [0.3, 0.4) is 0 Å². The first-order valence-corrected chi connectivity index (χ1v) is 7.17. The first-order valence-electron chi connectivity index (χ1n) is 5.97. The number of hydrazone groups is 1. The molecule has 2 aromatic rings. The molecule has 1 aromatic carbocycles. The van der Waals surface area contributed by atoms with E-state index in [9.17, 15) is 4.79 Å². The molecule has 0 unspecified atom stereocenters. The number of hydrogen-bond donors (Lipinski definition) is 2. The maximum absolute atomic E-state index is 11.6. The standard InChI is InChI=1S/C14H14ClN3OS/c1-9-3-4-11(7-10(9)2)17-14(19)18-16-8-12-5-6-13(15)20-12/h3-8H,1-2H3,(H2,17,18,19)/b16-8-. The fraction of sp³-hybridized carbons (Fsp3) is 0.143. The maximum atomic E-state index is 11.6. The molecule has 0 aliphatic heterocycles. The maximum Gasteiger partial charge on any atom is 0.339 e. The van der Waals surface area contributed by atoms with Crippen molar-refractivity contribution in [2.75, 3.05) is 5.32 Å². The van der Waals surface area contributed by atoms with Gasteiger partial charge in [0, 0.05) is 10.6 Å². The average Bonchev–Trinajstić information content (AvgIpc) is 2.80. The molecule has 4 nitrogen and oxygen atoms in total. The van der Waals surface area contributed by atoms with Gasteiger partial charge in [-0.1, -0.05) is 17.7 Å². The lowest BCUT2D eigenvalue weighted by Crippen LogP contribution is -2.24. The van der Waals surface area contributed by atoms with Gasteiger partial charge < -0.3 is 5.32 Å². The van der Waals surface area contributed by atoms with E-state index in [1.165, 1.54) is 16.9 Å². The summed E-state index contributed by atoms with van der Waals surface area (Å²) in [6.07, 6.45) is 1.55. The second-order valence-electron chi connectivity index (χ2n) is 4.27. The molecular formula is C14H14ClN3OS. The van der Waals surface area contributed by atoms with Crippen molar-refractivity contribution in [1.29, 1.82) is 0 Å². The molecule has 0 aliphatic rings. The van der Waals surface area contributed by atoms with Crippen LogP contribution in [-0.4, -0.2) is 12.2 Å². The Morgan fingerprint density at radius 1 is 1.25 bits per heavy atom. The molecule has 0 aliphatic carbocycles. The first-order chi connectivity index (χ1) is 9.54. The fourth-order valence-corrected chi connectivity index (χ4v) is 2.46. The third-order valence-electron chi connectivity index (χ3n) is 2.72. The Labute approximate surface area is 126 Å². The minimum atomic E-state index is -0.382. The summed E-state index contributed by atoms with van der Waals surface area (Å²) in [5.41, 5.74) is 5.45. The molecule has 0 saturated heterocycles. The van der Waals surface area contributed by atoms with Gasteiger partial charge in [0.2, 0.25) is 0 Å². The van der Waals surface area contributed by atoms with Crippen LogP contribution in [-0.2, 0) is 0 Å². The fourth-order valence-electron chi connectivity index (χ4n) is 1.53. The van der Waals surface area contributed by atoms with Crippen molar-refractivity contribution < 1.29 is 4.79 Å². The van der Waals surface area contributed by atoms with Gasteiger partial charge in [0.25, 0.3) is 0 Å². The normalized spacial score (nSPS) is 10.8. The quantitative estimate of drug-likeness (QED) is 0.649. The molecule has 1 heterocycles. The number of rotatable bonds is 3. The highest BCUT2D eigenvalue weighted by Gasteiger charge is 2.01. The number of thiophene rings is 1. The van der Waals surface area contributed by atoms with E-state index in [0.29, 0.717) is 4.34 Å². The summed E-state index contributed by atoms with van der Waals surface area (Å²) in [5.74, 6) is 0. The number of nitrogens with zero attached hydrogens (tertiary/aromatic N) is 1. The number of amides is 2. The van der Waals surface area contributed by atoms with E-state index < -0.39 is 0 Å². The smallest absolute Gasteiger partial charge is 0.307 e. The lowest BCUT2D eigenvalue weighted by Gasteiger charge is -2.06. The van der Waals surface area contributed by atoms with E-state index in [2.05, 4.69) is 15.8 Å². The summed E-state index contributed by atoms with van der Waals surface area (Å²) in [5, 5.41) is 6.57. The summed E-state index contributed by atoms with van der Waals surface area (Å²) in [6.45, 7) is 4.02. The second-order valence-corrected chi connectivity index (χ2v) is 6.01. The second kappa shape index (κ2) is 6.54. The highest BCUT2D eigenvalue weighted by Crippen LogP contribution is 2.19. The van der Waals surface area contributed by atoms with Gasteiger partial charge >= 0.3 is 6.03 Å². The zero-order chi connectivity index (χ0) is 14.5. The molecule has 0 radical (unpaired) electrons. The van der Waals surface area contributed by atoms with Crippen LogP contribution in [0.5, 0.6) is 0 Å². The number of halogens is 1. The van der Waals surface area contributed by atoms with Gasteiger partial charge in [-0.25, -0.2) is 10.2 Å². The summed E-state index contributed by atoms with van der Waals surface area (Å²) in [6, 6.07) is 8.96. The molecule has 1 aromatic heterocycles. The van der Waals surface area contributed by atoms with Crippen molar-refractivity contribution >= 4 is 40.9 Å². The molecule has 104 valence electrons. The summed E-state index contributed by atoms with van der Waals surface area (Å²) in [4.78, 5) is 12.5. The molecule has 0 bridgehead atoms. The SMILES string of the molecule is Cc1ccc(NC(=O)N/N=C\c2ccc(Cl)s2)cc1C. The first kappa shape index (κ1) is 14.6. The van der Waals surface area contributed by atoms with Crippen LogP contribution in [0.4, 0.5) is 10.5 Å². The number of nitrogens with one attached hydrogen (secondary N) is 2. The molecule has 0 atom stereocenters. The minimum absolute atomic E-state index is 0.382. The predicted octanol–water partition coefficient (Wildman–Crippen LogP) is 4.17. The molecule has 0 saturated carbocycles. The zero-order valence-electron chi connectivity index (χ0n) is 11.1. The highest BCUT2D eigenvalue weighted by atomic mass is 35.5. The summed E-state index contributed by atoms with van der Waals surface area (Å²) in [7, 11) is 0. The van der Waals surface area contributed by atoms with Crippen LogP contribution in [0.25, 0.3) is 0 Å². The molecule has 2 rings (SSSR count). The number of carbonyl (C=O) groups is 1. The van der Waals surface area contributed by atoms with Gasteiger partial charge in [0.15, 0.2) is 0 Å². The van der Waals surface area contributed by atoms with Gasteiger partial charge in [0.1, 0.15) is 0 Å². The van der Waals surface area contributed by atoms with Crippen molar-refractivity contribution in [1.82, 2.24) is 5.43 Å². The van der Waals surface area contributed by atoms with Gasteiger partial charge in [-0.05, 0) is 49.2 Å². The van der Waals surface area contributed by atoms with Crippen molar-refractivity contribution in [3.05, 3.63) is 50.7 Å². The topological polar surface area (TPSA) is 53.5 Å². The van der Waals surface area contributed by atoms with E-state index in [-0.39, 0.29) is 6.03 Å². The van der Waals surface area contributed by atoms with Gasteiger partial charge in [-0.2, -0.15) is 5.10 Å². The van der Waals surface area contributed by atoms with E-state index in [0.717, 1.165) is 16.1 Å². The number of hydrogen-bond acceptors (Lipinski definition) is 3. The van der Waals surface area contributed by atoms with Crippen LogP contribution in [0.2, 0.25) is 4.34 Å². The van der Waals surface area contributed by atoms with Gasteiger partial charge in [-0.15, -0.1) is 11.3 Å². The lowest BCUT2D eigenvalue weighted by atomic mass is 10.1. The Balaban J connectivity index is 1.89. The Morgan fingerprint density at radius 2 is 2.05 bits per heavy atom. The van der Waals surface area contributed by atoms with E-state index >= 15 is 0 Å². The number of anilines is 1. The van der Waals surface area contributed by atoms with Crippen molar-refractivity contribution in [3.63, 3.8) is 0 Å². The van der Waals surface area contributed by atoms with Crippen LogP contribution < -0.4 is 10.7 Å². The Bertz CT molecular complexity index is 652. The van der Waals surface area contributed by atoms with E-state index in [1.54, 1.807) is 12.3 Å². The Morgan fingerprint density at radius 3 is 2.70 bits per heavy atom. The molecule has 2 amide bonds. The summed E-state index contributed by atoms with van der Waals surface area (Å²) < 4.78 is 0.686. The van der Waals surface area contributed by atoms with Crippen molar-refractivity contribution in [2.24, 2.45) is 5.10 Å². The van der Waals surface area contributed by atoms with Crippen LogP contribution in [0, 0.1) is 13.8 Å². The lowest BCUT2D eigenvalue weighted by molar-refractivity contribution is 0.252. The highest BCUT2D eigenvalue weighted by molar-refractivity contribution is 7.17. The van der Waals surface area contributed by atoms with E-state index in [4.69, 9.17) is 11.6 Å². The monoisotopic (exact) mass is 307 g/mol. The largest absolute Gasteiger partial charge is 0.339 e. The zero-order valence-corrected chi connectivity index (χ0v) is 12.7. The van der Waals surface area contributed by atoms with Crippen LogP contribution in [0.1, 0.15) is 16.0 Å². The van der Waals surface area contributed by atoms with Crippen LogP contribution in [0.15, 0.2) is 35.4 Å². The van der Waals surface area contributed by atoms with Crippen molar-refractivity contribution in [2.45, 2.75) is 13.8 Å². The molecule has 2 N–H and O–H groups in total. The molecular weight excluding hydrogens is 294 g/mol. The number of aryl methyl sites for hydroxylation is 2. The predicted molar refractivity (Wildman–Crippen MR) is 85.0 cm³/mol. The van der Waals surface area contributed by atoms with E-state index in [1.807, 2.05) is 38.1 Å². The van der Waals surface area contributed by atoms with Gasteiger partial charge in [-0.3, -0.25) is 0 Å². The summed E-state index contributed by atoms with van der Waals surface area (Å²) >= 11 is 7.19. The number of benzene rings is 1.